The summed E-state index contributed by atoms with van der Waals surface area (Å²) in [5, 5.41) is 2.80. The number of anilines is 3. The second-order valence-electron chi connectivity index (χ2n) is 5.25. The van der Waals surface area contributed by atoms with Gasteiger partial charge in [-0.25, -0.2) is 17.2 Å². The Kier molecular flexibility index (Phi) is 4.67. The lowest BCUT2D eigenvalue weighted by Gasteiger charge is -2.10. The van der Waals surface area contributed by atoms with E-state index < -0.39 is 21.7 Å². The molecule has 0 spiro atoms. The number of sulfonamides is 1. The number of halogens is 2. The lowest BCUT2D eigenvalue weighted by atomic mass is 10.2. The summed E-state index contributed by atoms with van der Waals surface area (Å²) < 4.78 is 53.5. The average Bonchev–Trinajstić information content (AvgIpc) is 2.59. The van der Waals surface area contributed by atoms with Gasteiger partial charge in [0.15, 0.2) is 0 Å². The maximum atomic E-state index is 13.6. The highest BCUT2D eigenvalue weighted by atomic mass is 32.2. The molecule has 3 aromatic rings. The Balaban J connectivity index is 1.74. The predicted molar refractivity (Wildman–Crippen MR) is 93.3 cm³/mol. The van der Waals surface area contributed by atoms with Gasteiger partial charge in [-0.1, -0.05) is 18.2 Å². The van der Waals surface area contributed by atoms with Gasteiger partial charge in [0.05, 0.1) is 10.6 Å². The summed E-state index contributed by atoms with van der Waals surface area (Å²) in [6.45, 7) is 0. The van der Waals surface area contributed by atoms with Crippen LogP contribution in [-0.4, -0.2) is 8.42 Å². The minimum atomic E-state index is -3.67. The van der Waals surface area contributed by atoms with Crippen molar-refractivity contribution in [1.29, 1.82) is 0 Å². The van der Waals surface area contributed by atoms with Crippen molar-refractivity contribution in [2.24, 2.45) is 0 Å². The Morgan fingerprint density at radius 1 is 0.760 bits per heavy atom. The van der Waals surface area contributed by atoms with E-state index >= 15 is 0 Å². The van der Waals surface area contributed by atoms with E-state index in [4.69, 9.17) is 0 Å². The molecule has 0 amide bonds. The molecule has 0 aliphatic heterocycles. The SMILES string of the molecule is O=S(=O)(Nc1ccc(Nc2ccc(F)cc2F)cc1)c1ccccc1. The Morgan fingerprint density at radius 2 is 1.40 bits per heavy atom. The van der Waals surface area contributed by atoms with Crippen LogP contribution in [-0.2, 0) is 10.0 Å². The van der Waals surface area contributed by atoms with E-state index in [0.29, 0.717) is 11.4 Å². The fourth-order valence-electron chi connectivity index (χ4n) is 2.18. The summed E-state index contributed by atoms with van der Waals surface area (Å²) in [6, 6.07) is 17.5. The average molecular weight is 360 g/mol. The van der Waals surface area contributed by atoms with E-state index in [1.54, 1.807) is 42.5 Å². The van der Waals surface area contributed by atoms with Gasteiger partial charge in [-0.15, -0.1) is 0 Å². The molecule has 0 aliphatic carbocycles. The lowest BCUT2D eigenvalue weighted by Crippen LogP contribution is -2.12. The second kappa shape index (κ2) is 6.90. The summed E-state index contributed by atoms with van der Waals surface area (Å²) in [4.78, 5) is 0.158. The number of rotatable bonds is 5. The molecule has 0 radical (unpaired) electrons. The Labute approximate surface area is 144 Å². The largest absolute Gasteiger partial charge is 0.353 e. The van der Waals surface area contributed by atoms with Gasteiger partial charge in [-0.3, -0.25) is 4.72 Å². The van der Waals surface area contributed by atoms with Crippen LogP contribution in [0.4, 0.5) is 25.8 Å². The first-order chi connectivity index (χ1) is 11.9. The van der Waals surface area contributed by atoms with Crippen molar-refractivity contribution >= 4 is 27.1 Å². The van der Waals surface area contributed by atoms with Crippen molar-refractivity contribution in [2.75, 3.05) is 10.0 Å². The molecule has 3 aromatic carbocycles. The van der Waals surface area contributed by atoms with E-state index in [2.05, 4.69) is 10.0 Å². The van der Waals surface area contributed by atoms with Crippen LogP contribution in [0.25, 0.3) is 0 Å². The van der Waals surface area contributed by atoms with Gasteiger partial charge in [-0.2, -0.15) is 0 Å². The number of benzene rings is 3. The summed E-state index contributed by atoms with van der Waals surface area (Å²) in [6.07, 6.45) is 0. The molecule has 2 N–H and O–H groups in total. The smallest absolute Gasteiger partial charge is 0.261 e. The zero-order valence-corrected chi connectivity index (χ0v) is 13.7. The maximum absolute atomic E-state index is 13.6. The van der Waals surface area contributed by atoms with Crippen LogP contribution in [0.1, 0.15) is 0 Å². The molecule has 0 aromatic heterocycles. The summed E-state index contributed by atoms with van der Waals surface area (Å²) in [5.41, 5.74) is 1.03. The van der Waals surface area contributed by atoms with Gasteiger partial charge in [0.25, 0.3) is 10.0 Å². The molecular weight excluding hydrogens is 346 g/mol. The van der Waals surface area contributed by atoms with Crippen LogP contribution in [0.2, 0.25) is 0 Å². The minimum absolute atomic E-state index is 0.124. The van der Waals surface area contributed by atoms with Gasteiger partial charge in [-0.05, 0) is 48.5 Å². The quantitative estimate of drug-likeness (QED) is 0.704. The molecule has 0 aliphatic rings. The third kappa shape index (κ3) is 4.13. The fourth-order valence-corrected chi connectivity index (χ4v) is 3.26. The Bertz CT molecular complexity index is 976. The minimum Gasteiger partial charge on any atom is -0.353 e. The normalized spacial score (nSPS) is 11.1. The molecule has 0 fully saturated rings. The first-order valence-corrected chi connectivity index (χ1v) is 8.82. The zero-order valence-electron chi connectivity index (χ0n) is 12.9. The standard InChI is InChI=1S/C18H14F2N2O2S/c19-13-6-11-18(17(20)12-13)21-14-7-9-15(10-8-14)22-25(23,24)16-4-2-1-3-5-16/h1-12,21-22H. The van der Waals surface area contributed by atoms with Gasteiger partial charge in [0.1, 0.15) is 11.6 Å². The first kappa shape index (κ1) is 16.9. The maximum Gasteiger partial charge on any atom is 0.261 e. The highest BCUT2D eigenvalue weighted by Gasteiger charge is 2.13. The van der Waals surface area contributed by atoms with Crippen LogP contribution in [0, 0.1) is 11.6 Å². The van der Waals surface area contributed by atoms with Crippen molar-refractivity contribution in [3.63, 3.8) is 0 Å². The zero-order chi connectivity index (χ0) is 17.9. The fraction of sp³-hybridized carbons (Fsp3) is 0. The first-order valence-electron chi connectivity index (χ1n) is 7.34. The molecule has 7 heteroatoms. The molecule has 128 valence electrons. The van der Waals surface area contributed by atoms with Crippen LogP contribution < -0.4 is 10.0 Å². The highest BCUT2D eigenvalue weighted by Crippen LogP contribution is 2.23. The predicted octanol–water partition coefficient (Wildman–Crippen LogP) is 4.51. The van der Waals surface area contributed by atoms with Crippen molar-refractivity contribution in [3.8, 4) is 0 Å². The molecule has 0 saturated heterocycles. The van der Waals surface area contributed by atoms with Crippen LogP contribution >= 0.6 is 0 Å². The molecule has 0 saturated carbocycles. The summed E-state index contributed by atoms with van der Waals surface area (Å²) in [7, 11) is -3.67. The molecule has 3 rings (SSSR count). The Hall–Kier alpha value is -2.93. The second-order valence-corrected chi connectivity index (χ2v) is 6.93. The molecular formula is C18H14F2N2O2S. The molecule has 0 heterocycles. The third-order valence-electron chi connectivity index (χ3n) is 3.40. The van der Waals surface area contributed by atoms with E-state index in [1.165, 1.54) is 18.2 Å². The van der Waals surface area contributed by atoms with Crippen LogP contribution in [0.5, 0.6) is 0 Å². The molecule has 25 heavy (non-hydrogen) atoms. The van der Waals surface area contributed by atoms with Crippen molar-refractivity contribution in [3.05, 3.63) is 84.4 Å². The van der Waals surface area contributed by atoms with Gasteiger partial charge < -0.3 is 5.32 Å². The number of nitrogens with one attached hydrogen (secondary N) is 2. The van der Waals surface area contributed by atoms with Gasteiger partial charge in [0.2, 0.25) is 0 Å². The van der Waals surface area contributed by atoms with Crippen LogP contribution in [0.3, 0.4) is 0 Å². The van der Waals surface area contributed by atoms with Crippen molar-refractivity contribution in [1.82, 2.24) is 0 Å². The van der Waals surface area contributed by atoms with Crippen LogP contribution in [0.15, 0.2) is 77.7 Å². The van der Waals surface area contributed by atoms with Gasteiger partial charge in [0, 0.05) is 17.4 Å². The highest BCUT2D eigenvalue weighted by molar-refractivity contribution is 7.92. The summed E-state index contributed by atoms with van der Waals surface area (Å²) in [5.74, 6) is -1.37. The number of hydrogen-bond donors (Lipinski definition) is 2. The van der Waals surface area contributed by atoms with E-state index in [1.807, 2.05) is 0 Å². The Morgan fingerprint density at radius 3 is 2.04 bits per heavy atom. The van der Waals surface area contributed by atoms with Gasteiger partial charge >= 0.3 is 0 Å². The molecule has 0 bridgehead atoms. The van der Waals surface area contributed by atoms with E-state index in [0.717, 1.165) is 12.1 Å². The van der Waals surface area contributed by atoms with E-state index in [9.17, 15) is 17.2 Å². The molecule has 0 unspecified atom stereocenters. The third-order valence-corrected chi connectivity index (χ3v) is 4.80. The van der Waals surface area contributed by atoms with E-state index in [-0.39, 0.29) is 10.6 Å². The van der Waals surface area contributed by atoms with Crippen molar-refractivity contribution in [2.45, 2.75) is 4.90 Å². The topological polar surface area (TPSA) is 58.2 Å². The lowest BCUT2D eigenvalue weighted by molar-refractivity contribution is 0.586. The summed E-state index contributed by atoms with van der Waals surface area (Å²) >= 11 is 0. The monoisotopic (exact) mass is 360 g/mol. The number of hydrogen-bond acceptors (Lipinski definition) is 3. The molecule has 0 atom stereocenters. The van der Waals surface area contributed by atoms with Crippen molar-refractivity contribution < 1.29 is 17.2 Å². The molecule has 4 nitrogen and oxygen atoms in total.